The van der Waals surface area contributed by atoms with Crippen LogP contribution in [0.25, 0.3) is 10.2 Å². The summed E-state index contributed by atoms with van der Waals surface area (Å²) < 4.78 is 91.5. The van der Waals surface area contributed by atoms with Gasteiger partial charge < -0.3 is 9.47 Å². The number of hydrogen-bond acceptors (Lipinski definition) is 5. The summed E-state index contributed by atoms with van der Waals surface area (Å²) in [5, 5.41) is 0.117. The molecule has 1 atom stereocenters. The van der Waals surface area contributed by atoms with Crippen LogP contribution >= 0.6 is 11.3 Å². The number of benzene rings is 2. The zero-order valence-corrected chi connectivity index (χ0v) is 18.5. The SMILES string of the molecule is COc1cccc2sc(N(CC3CCCO3)C(=O)c3cc(C(F)(F)F)cc(C(F)(F)F)c3)nc12. The van der Waals surface area contributed by atoms with Gasteiger partial charge >= 0.3 is 12.4 Å². The first-order valence-electron chi connectivity index (χ1n) is 10.1. The van der Waals surface area contributed by atoms with Crippen LogP contribution in [0.3, 0.4) is 0 Å². The molecule has 12 heteroatoms. The van der Waals surface area contributed by atoms with Crippen molar-refractivity contribution in [3.8, 4) is 5.75 Å². The van der Waals surface area contributed by atoms with Gasteiger partial charge in [-0.3, -0.25) is 9.69 Å². The van der Waals surface area contributed by atoms with E-state index in [0.717, 1.165) is 22.7 Å². The number of fused-ring (bicyclic) bond motifs is 1. The highest BCUT2D eigenvalue weighted by atomic mass is 32.1. The van der Waals surface area contributed by atoms with Gasteiger partial charge in [-0.1, -0.05) is 17.4 Å². The predicted octanol–water partition coefficient (Wildman–Crippen LogP) is 6.17. The Hall–Kier alpha value is -2.86. The lowest BCUT2D eigenvalue weighted by Crippen LogP contribution is -2.37. The molecule has 182 valence electrons. The molecule has 1 unspecified atom stereocenters. The fourth-order valence-electron chi connectivity index (χ4n) is 3.67. The average Bonchev–Trinajstić information content (AvgIpc) is 3.44. The average molecular weight is 504 g/mol. The minimum atomic E-state index is -5.07. The molecule has 0 N–H and O–H groups in total. The number of aromatic nitrogens is 1. The Morgan fingerprint density at radius 2 is 1.82 bits per heavy atom. The van der Waals surface area contributed by atoms with Crippen LogP contribution < -0.4 is 9.64 Å². The van der Waals surface area contributed by atoms with Crippen molar-refractivity contribution < 1.29 is 40.6 Å². The van der Waals surface area contributed by atoms with E-state index in [1.54, 1.807) is 18.2 Å². The minimum absolute atomic E-state index is 0.0102. The quantitative estimate of drug-likeness (QED) is 0.390. The van der Waals surface area contributed by atoms with Gasteiger partial charge in [-0.15, -0.1) is 0 Å². The van der Waals surface area contributed by atoms with Crippen molar-refractivity contribution in [2.75, 3.05) is 25.2 Å². The van der Waals surface area contributed by atoms with Crippen molar-refractivity contribution in [3.05, 3.63) is 53.1 Å². The van der Waals surface area contributed by atoms with Crippen LogP contribution in [-0.4, -0.2) is 37.3 Å². The largest absolute Gasteiger partial charge is 0.494 e. The molecule has 1 aliphatic heterocycles. The van der Waals surface area contributed by atoms with Crippen molar-refractivity contribution >= 4 is 32.6 Å². The number of rotatable bonds is 5. The lowest BCUT2D eigenvalue weighted by atomic mass is 10.0. The first-order valence-corrected chi connectivity index (χ1v) is 11.0. The number of anilines is 1. The first-order chi connectivity index (χ1) is 16.0. The van der Waals surface area contributed by atoms with E-state index in [1.165, 1.54) is 7.11 Å². The molecule has 0 radical (unpaired) electrons. The summed E-state index contributed by atoms with van der Waals surface area (Å²) in [6, 6.07) is 5.92. The van der Waals surface area contributed by atoms with Crippen molar-refractivity contribution in [1.29, 1.82) is 0 Å². The van der Waals surface area contributed by atoms with Gasteiger partial charge in [0.05, 0.1) is 35.6 Å². The molecule has 1 aromatic heterocycles. The Bertz CT molecular complexity index is 1170. The maximum absolute atomic E-state index is 13.4. The fourth-order valence-corrected chi connectivity index (χ4v) is 4.66. The molecule has 2 heterocycles. The van der Waals surface area contributed by atoms with Crippen molar-refractivity contribution in [2.45, 2.75) is 31.3 Å². The summed E-state index contributed by atoms with van der Waals surface area (Å²) in [6.07, 6.45) is -9.25. The summed E-state index contributed by atoms with van der Waals surface area (Å²) >= 11 is 1.07. The normalized spacial score (nSPS) is 16.7. The maximum Gasteiger partial charge on any atom is 0.416 e. The number of hydrogen-bond donors (Lipinski definition) is 0. The van der Waals surface area contributed by atoms with Gasteiger partial charge in [0.2, 0.25) is 0 Å². The monoisotopic (exact) mass is 504 g/mol. The van der Waals surface area contributed by atoms with Gasteiger partial charge in [0.25, 0.3) is 5.91 Å². The number of para-hydroxylation sites is 1. The number of thiazole rings is 1. The van der Waals surface area contributed by atoms with Crippen molar-refractivity contribution in [3.63, 3.8) is 0 Å². The number of methoxy groups -OCH3 is 1. The molecule has 0 saturated carbocycles. The van der Waals surface area contributed by atoms with Gasteiger partial charge in [-0.05, 0) is 43.2 Å². The second kappa shape index (κ2) is 9.06. The molecule has 5 nitrogen and oxygen atoms in total. The summed E-state index contributed by atoms with van der Waals surface area (Å²) in [5.74, 6) is -0.618. The van der Waals surface area contributed by atoms with Crippen molar-refractivity contribution in [2.24, 2.45) is 0 Å². The van der Waals surface area contributed by atoms with Gasteiger partial charge in [0.15, 0.2) is 5.13 Å². The number of halogens is 6. The molecule has 34 heavy (non-hydrogen) atoms. The van der Waals surface area contributed by atoms with Crippen LogP contribution in [0, 0.1) is 0 Å². The van der Waals surface area contributed by atoms with Crippen LogP contribution in [0.1, 0.15) is 34.3 Å². The third-order valence-electron chi connectivity index (χ3n) is 5.31. The summed E-state index contributed by atoms with van der Waals surface area (Å²) in [6.45, 7) is 0.376. The Balaban J connectivity index is 1.82. The smallest absolute Gasteiger partial charge is 0.416 e. The predicted molar refractivity (Wildman–Crippen MR) is 113 cm³/mol. The zero-order chi connectivity index (χ0) is 24.7. The third kappa shape index (κ3) is 4.97. The van der Waals surface area contributed by atoms with Crippen LogP contribution in [0.15, 0.2) is 36.4 Å². The first kappa shape index (κ1) is 24.3. The highest BCUT2D eigenvalue weighted by Crippen LogP contribution is 2.38. The molecular weight excluding hydrogens is 486 g/mol. The van der Waals surface area contributed by atoms with E-state index in [1.807, 2.05) is 0 Å². The maximum atomic E-state index is 13.4. The second-order valence-corrected chi connectivity index (χ2v) is 8.66. The van der Waals surface area contributed by atoms with E-state index in [4.69, 9.17) is 9.47 Å². The van der Waals surface area contributed by atoms with Crippen LogP contribution in [0.4, 0.5) is 31.5 Å². The molecule has 0 spiro atoms. The highest BCUT2D eigenvalue weighted by Gasteiger charge is 2.38. The Morgan fingerprint density at radius 1 is 1.15 bits per heavy atom. The van der Waals surface area contributed by atoms with E-state index in [2.05, 4.69) is 4.98 Å². The van der Waals surface area contributed by atoms with E-state index < -0.39 is 41.1 Å². The number of ether oxygens (including phenoxy) is 2. The van der Waals surface area contributed by atoms with Gasteiger partial charge in [0, 0.05) is 12.2 Å². The second-order valence-electron chi connectivity index (χ2n) is 7.65. The summed E-state index contributed by atoms with van der Waals surface area (Å²) in [5.41, 5.74) is -3.44. The molecule has 1 fully saturated rings. The molecule has 1 aliphatic rings. The lowest BCUT2D eigenvalue weighted by Gasteiger charge is -2.24. The van der Waals surface area contributed by atoms with E-state index in [0.29, 0.717) is 41.1 Å². The number of amides is 1. The number of alkyl halides is 6. The van der Waals surface area contributed by atoms with Crippen LogP contribution in [-0.2, 0) is 17.1 Å². The summed E-state index contributed by atoms with van der Waals surface area (Å²) in [4.78, 5) is 18.9. The highest BCUT2D eigenvalue weighted by molar-refractivity contribution is 7.22. The molecule has 1 amide bonds. The number of nitrogens with zero attached hydrogens (tertiary/aromatic N) is 2. The van der Waals surface area contributed by atoms with Crippen molar-refractivity contribution in [1.82, 2.24) is 4.98 Å². The van der Waals surface area contributed by atoms with E-state index in [9.17, 15) is 31.1 Å². The van der Waals surface area contributed by atoms with Gasteiger partial charge in [-0.25, -0.2) is 4.98 Å². The molecular formula is C22H18F6N2O3S. The van der Waals surface area contributed by atoms with Crippen LogP contribution in [0.2, 0.25) is 0 Å². The minimum Gasteiger partial charge on any atom is -0.494 e. The Morgan fingerprint density at radius 3 is 2.38 bits per heavy atom. The zero-order valence-electron chi connectivity index (χ0n) is 17.7. The standard InChI is InChI=1S/C22H18F6N2O3S/c1-32-16-5-2-6-17-18(16)29-20(34-17)30(11-15-4-3-7-33-15)19(31)12-8-13(21(23,24)25)10-14(9-12)22(26,27)28/h2,5-6,8-10,15H,3-4,7,11H2,1H3. The topological polar surface area (TPSA) is 51.7 Å². The third-order valence-corrected chi connectivity index (χ3v) is 6.36. The lowest BCUT2D eigenvalue weighted by molar-refractivity contribution is -0.143. The molecule has 0 bridgehead atoms. The number of carbonyl (C=O) groups excluding carboxylic acids is 1. The number of carbonyl (C=O) groups is 1. The fraction of sp³-hybridized carbons (Fsp3) is 0.364. The van der Waals surface area contributed by atoms with Gasteiger partial charge in [-0.2, -0.15) is 26.3 Å². The Labute approximate surface area is 193 Å². The van der Waals surface area contributed by atoms with E-state index >= 15 is 0 Å². The summed E-state index contributed by atoms with van der Waals surface area (Å²) in [7, 11) is 1.43. The molecule has 4 rings (SSSR count). The molecule has 1 saturated heterocycles. The molecule has 0 aliphatic carbocycles. The molecule has 2 aromatic carbocycles. The van der Waals surface area contributed by atoms with Crippen LogP contribution in [0.5, 0.6) is 5.75 Å². The van der Waals surface area contributed by atoms with Gasteiger partial charge in [0.1, 0.15) is 11.3 Å². The molecule has 3 aromatic rings. The van der Waals surface area contributed by atoms with E-state index in [-0.39, 0.29) is 17.7 Å². The Kier molecular flexibility index (Phi) is 6.47.